The van der Waals surface area contributed by atoms with E-state index in [1.807, 2.05) is 6.07 Å². The number of alkyl halides is 3. The molecule has 0 saturated heterocycles. The number of amides is 1. The van der Waals surface area contributed by atoms with Gasteiger partial charge in [0.25, 0.3) is 0 Å². The SMILES string of the molecule is O=C(Nc1nn(CC(F)(F)F)cc1Cl)C1CCc2cccnc21. The molecule has 1 unspecified atom stereocenters. The molecule has 3 rings (SSSR count). The molecule has 23 heavy (non-hydrogen) atoms. The average Bonchev–Trinajstić information content (AvgIpc) is 3.01. The van der Waals surface area contributed by atoms with Gasteiger partial charge in [0.15, 0.2) is 5.82 Å². The van der Waals surface area contributed by atoms with Crippen LogP contribution >= 0.6 is 11.6 Å². The topological polar surface area (TPSA) is 59.8 Å². The lowest BCUT2D eigenvalue weighted by Crippen LogP contribution is -2.21. The Balaban J connectivity index is 1.74. The van der Waals surface area contributed by atoms with Crippen LogP contribution in [0.25, 0.3) is 0 Å². The Morgan fingerprint density at radius 1 is 1.48 bits per heavy atom. The van der Waals surface area contributed by atoms with Crippen molar-refractivity contribution in [3.05, 3.63) is 40.8 Å². The molecule has 5 nitrogen and oxygen atoms in total. The largest absolute Gasteiger partial charge is 0.408 e. The average molecular weight is 345 g/mol. The van der Waals surface area contributed by atoms with Crippen molar-refractivity contribution in [2.45, 2.75) is 31.5 Å². The molecule has 1 aliphatic carbocycles. The molecule has 1 amide bonds. The van der Waals surface area contributed by atoms with Gasteiger partial charge >= 0.3 is 6.18 Å². The summed E-state index contributed by atoms with van der Waals surface area (Å²) in [5.74, 6) is -0.901. The van der Waals surface area contributed by atoms with Crippen LogP contribution < -0.4 is 5.32 Å². The van der Waals surface area contributed by atoms with Gasteiger partial charge < -0.3 is 5.32 Å². The maximum Gasteiger partial charge on any atom is 0.408 e. The van der Waals surface area contributed by atoms with Crippen molar-refractivity contribution >= 4 is 23.3 Å². The van der Waals surface area contributed by atoms with Crippen LogP contribution in [-0.2, 0) is 17.8 Å². The second kappa shape index (κ2) is 5.84. The second-order valence-electron chi connectivity index (χ2n) is 5.27. The number of rotatable bonds is 3. The fourth-order valence-electron chi connectivity index (χ4n) is 2.62. The summed E-state index contributed by atoms with van der Waals surface area (Å²) >= 11 is 5.84. The van der Waals surface area contributed by atoms with Crippen molar-refractivity contribution in [2.75, 3.05) is 5.32 Å². The molecule has 0 saturated carbocycles. The van der Waals surface area contributed by atoms with Crippen LogP contribution in [0.1, 0.15) is 23.6 Å². The van der Waals surface area contributed by atoms with Crippen molar-refractivity contribution < 1.29 is 18.0 Å². The van der Waals surface area contributed by atoms with Crippen LogP contribution in [0.4, 0.5) is 19.0 Å². The highest BCUT2D eigenvalue weighted by atomic mass is 35.5. The van der Waals surface area contributed by atoms with Crippen LogP contribution in [0.15, 0.2) is 24.5 Å². The van der Waals surface area contributed by atoms with Crippen molar-refractivity contribution in [3.8, 4) is 0 Å². The van der Waals surface area contributed by atoms with Gasteiger partial charge in [-0.1, -0.05) is 17.7 Å². The number of fused-ring (bicyclic) bond motifs is 1. The number of aromatic nitrogens is 3. The molecule has 1 N–H and O–H groups in total. The highest BCUT2D eigenvalue weighted by Crippen LogP contribution is 2.32. The lowest BCUT2D eigenvalue weighted by Gasteiger charge is -2.10. The van der Waals surface area contributed by atoms with E-state index in [0.29, 0.717) is 16.8 Å². The molecule has 9 heteroatoms. The smallest absolute Gasteiger partial charge is 0.307 e. The predicted octanol–water partition coefficient (Wildman–Crippen LogP) is 3.16. The van der Waals surface area contributed by atoms with Crippen molar-refractivity contribution in [2.24, 2.45) is 0 Å². The van der Waals surface area contributed by atoms with E-state index in [0.717, 1.165) is 18.2 Å². The summed E-state index contributed by atoms with van der Waals surface area (Å²) in [4.78, 5) is 16.6. The zero-order valence-electron chi connectivity index (χ0n) is 11.8. The Kier molecular flexibility index (Phi) is 4.01. The summed E-state index contributed by atoms with van der Waals surface area (Å²) in [7, 11) is 0. The molecule has 122 valence electrons. The Bertz CT molecular complexity index is 744. The summed E-state index contributed by atoms with van der Waals surface area (Å²) < 4.78 is 37.7. The van der Waals surface area contributed by atoms with Crippen LogP contribution in [0.5, 0.6) is 0 Å². The summed E-state index contributed by atoms with van der Waals surface area (Å²) in [6.07, 6.45) is -0.442. The summed E-state index contributed by atoms with van der Waals surface area (Å²) in [6, 6.07) is 3.70. The maximum absolute atomic E-state index is 12.4. The number of hydrogen-bond donors (Lipinski definition) is 1. The number of pyridine rings is 1. The van der Waals surface area contributed by atoms with Crippen LogP contribution in [0.3, 0.4) is 0 Å². The van der Waals surface area contributed by atoms with Gasteiger partial charge in [-0.2, -0.15) is 18.3 Å². The highest BCUT2D eigenvalue weighted by molar-refractivity contribution is 6.33. The van der Waals surface area contributed by atoms with E-state index < -0.39 is 18.6 Å². The molecule has 0 fully saturated rings. The number of carbonyl (C=O) groups excluding carboxylic acids is 1. The summed E-state index contributed by atoms with van der Waals surface area (Å²) in [5.41, 5.74) is 1.69. The van der Waals surface area contributed by atoms with Crippen LogP contribution in [0, 0.1) is 0 Å². The first-order valence-electron chi connectivity index (χ1n) is 6.88. The van der Waals surface area contributed by atoms with E-state index in [9.17, 15) is 18.0 Å². The minimum absolute atomic E-state index is 0.0400. The normalized spacial score (nSPS) is 17.1. The van der Waals surface area contributed by atoms with Crippen molar-refractivity contribution in [3.63, 3.8) is 0 Å². The zero-order valence-corrected chi connectivity index (χ0v) is 12.5. The summed E-state index contributed by atoms with van der Waals surface area (Å²) in [6.45, 7) is -1.27. The minimum atomic E-state index is -4.41. The third-order valence-electron chi connectivity index (χ3n) is 3.57. The lowest BCUT2D eigenvalue weighted by atomic mass is 10.1. The minimum Gasteiger partial charge on any atom is -0.307 e. The van der Waals surface area contributed by atoms with Crippen molar-refractivity contribution in [1.29, 1.82) is 0 Å². The first-order valence-corrected chi connectivity index (χ1v) is 7.25. The monoisotopic (exact) mass is 344 g/mol. The third kappa shape index (κ3) is 3.47. The predicted molar refractivity (Wildman–Crippen MR) is 77.2 cm³/mol. The van der Waals surface area contributed by atoms with Gasteiger partial charge in [0, 0.05) is 12.4 Å². The number of nitrogens with one attached hydrogen (secondary N) is 1. The molecule has 0 aliphatic heterocycles. The van der Waals surface area contributed by atoms with E-state index in [-0.39, 0.29) is 16.7 Å². The number of nitrogens with zero attached hydrogens (tertiary/aromatic N) is 3. The first-order chi connectivity index (χ1) is 10.8. The number of aryl methyl sites for hydroxylation is 1. The molecule has 2 heterocycles. The van der Waals surface area contributed by atoms with Gasteiger partial charge in [-0.05, 0) is 24.5 Å². The van der Waals surface area contributed by atoms with Crippen molar-refractivity contribution in [1.82, 2.24) is 14.8 Å². The first kappa shape index (κ1) is 15.8. The van der Waals surface area contributed by atoms with E-state index in [1.165, 1.54) is 0 Å². The number of hydrogen-bond acceptors (Lipinski definition) is 3. The van der Waals surface area contributed by atoms with Gasteiger partial charge in [-0.15, -0.1) is 0 Å². The number of carbonyl (C=O) groups is 1. The Labute approximate surface area is 134 Å². The molecule has 1 aliphatic rings. The standard InChI is InChI=1S/C14H12ClF3N4O/c15-10-6-22(7-14(16,17)18)21-12(10)20-13(23)9-4-3-8-2-1-5-19-11(8)9/h1-2,5-6,9H,3-4,7H2,(H,20,21,23). The number of halogens is 4. The van der Waals surface area contributed by atoms with Gasteiger partial charge in [-0.3, -0.25) is 14.5 Å². The maximum atomic E-state index is 12.4. The Hall–Kier alpha value is -2.09. The van der Waals surface area contributed by atoms with E-state index >= 15 is 0 Å². The highest BCUT2D eigenvalue weighted by Gasteiger charge is 2.32. The fraction of sp³-hybridized carbons (Fsp3) is 0.357. The summed E-state index contributed by atoms with van der Waals surface area (Å²) in [5, 5.41) is 6.12. The van der Waals surface area contributed by atoms with Gasteiger partial charge in [0.05, 0.1) is 11.6 Å². The third-order valence-corrected chi connectivity index (χ3v) is 3.85. The van der Waals surface area contributed by atoms with Gasteiger partial charge in [-0.25, -0.2) is 0 Å². The molecule has 0 radical (unpaired) electrons. The molecule has 0 spiro atoms. The van der Waals surface area contributed by atoms with Gasteiger partial charge in [0.2, 0.25) is 5.91 Å². The van der Waals surface area contributed by atoms with Gasteiger partial charge in [0.1, 0.15) is 11.6 Å². The molecule has 2 aromatic rings. The van der Waals surface area contributed by atoms with E-state index in [1.54, 1.807) is 12.3 Å². The Morgan fingerprint density at radius 3 is 3.00 bits per heavy atom. The van der Waals surface area contributed by atoms with E-state index in [2.05, 4.69) is 15.4 Å². The quantitative estimate of drug-likeness (QED) is 0.930. The zero-order chi connectivity index (χ0) is 16.6. The molecule has 0 aromatic carbocycles. The molecular weight excluding hydrogens is 333 g/mol. The van der Waals surface area contributed by atoms with Crippen LogP contribution in [-0.4, -0.2) is 26.8 Å². The number of anilines is 1. The lowest BCUT2D eigenvalue weighted by molar-refractivity contribution is -0.142. The van der Waals surface area contributed by atoms with Crippen LogP contribution in [0.2, 0.25) is 5.02 Å². The van der Waals surface area contributed by atoms with E-state index in [4.69, 9.17) is 11.6 Å². The molecule has 1 atom stereocenters. The second-order valence-corrected chi connectivity index (χ2v) is 5.67. The molecule has 2 aromatic heterocycles. The molecule has 0 bridgehead atoms. The Morgan fingerprint density at radius 2 is 2.26 bits per heavy atom. The fourth-order valence-corrected chi connectivity index (χ4v) is 2.82. The molecular formula is C14H12ClF3N4O.